The van der Waals surface area contributed by atoms with Crippen LogP contribution < -0.4 is 31.8 Å². The SMILES string of the molecule is C=c1/c(=C\N=C(N)Nc2ccc(N3CCC4(CCCN4)C3=O)cn2)cc(C(=O)N(C)C)n1C1CCCOC1. The molecule has 0 aliphatic carbocycles. The summed E-state index contributed by atoms with van der Waals surface area (Å²) >= 11 is 0. The van der Waals surface area contributed by atoms with Gasteiger partial charge < -0.3 is 35.5 Å². The predicted octanol–water partition coefficient (Wildman–Crippen LogP) is 0.370. The van der Waals surface area contributed by atoms with Crippen molar-refractivity contribution in [1.29, 1.82) is 0 Å². The molecular weight excluding hydrogens is 484 g/mol. The van der Waals surface area contributed by atoms with Crippen LogP contribution in [0.3, 0.4) is 0 Å². The lowest BCUT2D eigenvalue weighted by Crippen LogP contribution is -2.47. The smallest absolute Gasteiger partial charge is 0.270 e. The lowest BCUT2D eigenvalue weighted by molar-refractivity contribution is -0.122. The Morgan fingerprint density at radius 1 is 1.37 bits per heavy atom. The standard InChI is InChI=1S/C27H36N8O3/c1-18-19(14-22(24(36)33(2)3)35(18)21-6-4-13-38-17-21)15-30-26(28)32-23-8-7-20(16-29-23)34-12-10-27(25(34)37)9-5-11-31-27/h7-8,14-16,21,31H,1,4-6,9-13,17H2,2-3H3,(H3,28,29,30,32)/b19-15-. The third kappa shape index (κ3) is 4.91. The minimum absolute atomic E-state index is 0.0429. The first-order valence-electron chi connectivity index (χ1n) is 13.1. The van der Waals surface area contributed by atoms with Crippen LogP contribution in [0.25, 0.3) is 12.8 Å². The fraction of sp³-hybridized carbons (Fsp3) is 0.481. The molecule has 0 saturated carbocycles. The van der Waals surface area contributed by atoms with E-state index in [2.05, 4.69) is 27.2 Å². The van der Waals surface area contributed by atoms with Crippen molar-refractivity contribution in [3.05, 3.63) is 40.7 Å². The summed E-state index contributed by atoms with van der Waals surface area (Å²) in [5, 5.41) is 7.77. The number of rotatable bonds is 5. The molecule has 5 rings (SSSR count). The maximum atomic E-state index is 13.0. The molecule has 0 radical (unpaired) electrons. The van der Waals surface area contributed by atoms with E-state index in [0.29, 0.717) is 35.2 Å². The molecule has 11 heteroatoms. The van der Waals surface area contributed by atoms with E-state index in [-0.39, 0.29) is 23.8 Å². The molecule has 2 atom stereocenters. The zero-order valence-electron chi connectivity index (χ0n) is 22.1. The minimum atomic E-state index is -0.406. The molecule has 4 N–H and O–H groups in total. The first-order chi connectivity index (χ1) is 18.3. The molecule has 2 amide bonds. The van der Waals surface area contributed by atoms with Crippen molar-refractivity contribution in [1.82, 2.24) is 19.8 Å². The highest BCUT2D eigenvalue weighted by molar-refractivity contribution is 6.03. The molecule has 0 aromatic carbocycles. The summed E-state index contributed by atoms with van der Waals surface area (Å²) in [5.41, 5.74) is 7.04. The lowest BCUT2D eigenvalue weighted by atomic mass is 9.96. The summed E-state index contributed by atoms with van der Waals surface area (Å²) < 4.78 is 7.61. The molecule has 5 heterocycles. The Kier molecular flexibility index (Phi) is 7.22. The van der Waals surface area contributed by atoms with Crippen molar-refractivity contribution in [2.45, 2.75) is 43.7 Å². The number of carbonyl (C=O) groups excluding carboxylic acids is 2. The van der Waals surface area contributed by atoms with E-state index in [0.717, 1.165) is 50.9 Å². The van der Waals surface area contributed by atoms with Gasteiger partial charge in [0.05, 0.1) is 24.5 Å². The van der Waals surface area contributed by atoms with Gasteiger partial charge in [-0.1, -0.05) is 6.58 Å². The molecule has 3 aliphatic rings. The zero-order chi connectivity index (χ0) is 26.9. The van der Waals surface area contributed by atoms with Gasteiger partial charge in [0, 0.05) is 44.0 Å². The fourth-order valence-corrected chi connectivity index (χ4v) is 5.57. The van der Waals surface area contributed by atoms with Crippen LogP contribution in [0.2, 0.25) is 0 Å². The van der Waals surface area contributed by atoms with Crippen molar-refractivity contribution in [3.8, 4) is 0 Å². The molecule has 202 valence electrons. The van der Waals surface area contributed by atoms with Crippen molar-refractivity contribution < 1.29 is 14.3 Å². The average Bonchev–Trinajstić information content (AvgIpc) is 3.62. The Morgan fingerprint density at radius 2 is 2.21 bits per heavy atom. The Hall–Kier alpha value is -3.70. The number of pyridine rings is 1. The summed E-state index contributed by atoms with van der Waals surface area (Å²) in [6, 6.07) is 5.47. The topological polar surface area (TPSA) is 130 Å². The normalized spacial score (nSPS) is 24.4. The number of amides is 2. The van der Waals surface area contributed by atoms with Gasteiger partial charge in [-0.3, -0.25) is 9.59 Å². The molecular formula is C27H36N8O3. The summed E-state index contributed by atoms with van der Waals surface area (Å²) in [6.45, 7) is 7.06. The molecule has 2 aromatic rings. The van der Waals surface area contributed by atoms with Gasteiger partial charge in [0.2, 0.25) is 5.91 Å². The number of nitrogens with two attached hydrogens (primary N) is 1. The molecule has 0 bridgehead atoms. The maximum Gasteiger partial charge on any atom is 0.270 e. The second-order valence-corrected chi connectivity index (χ2v) is 10.4. The monoisotopic (exact) mass is 520 g/mol. The summed E-state index contributed by atoms with van der Waals surface area (Å²) in [4.78, 5) is 38.0. The summed E-state index contributed by atoms with van der Waals surface area (Å²) in [5.74, 6) is 0.672. The van der Waals surface area contributed by atoms with Gasteiger partial charge in [-0.2, -0.15) is 0 Å². The van der Waals surface area contributed by atoms with Crippen LogP contribution in [0.5, 0.6) is 0 Å². The number of ether oxygens (including phenoxy) is 1. The van der Waals surface area contributed by atoms with Crippen LogP contribution >= 0.6 is 0 Å². The van der Waals surface area contributed by atoms with Crippen molar-refractivity contribution in [2.75, 3.05) is 50.6 Å². The van der Waals surface area contributed by atoms with E-state index in [1.807, 2.05) is 10.6 Å². The Balaban J connectivity index is 1.32. The average molecular weight is 521 g/mol. The number of hydrogen-bond donors (Lipinski definition) is 3. The molecule has 11 nitrogen and oxygen atoms in total. The van der Waals surface area contributed by atoms with Crippen molar-refractivity contribution in [2.24, 2.45) is 10.7 Å². The first-order valence-corrected chi connectivity index (χ1v) is 13.1. The third-order valence-corrected chi connectivity index (χ3v) is 7.62. The second-order valence-electron chi connectivity index (χ2n) is 10.4. The molecule has 3 saturated heterocycles. The van der Waals surface area contributed by atoms with E-state index in [4.69, 9.17) is 10.5 Å². The van der Waals surface area contributed by atoms with E-state index >= 15 is 0 Å². The molecule has 1 spiro atoms. The maximum absolute atomic E-state index is 13.0. The molecule has 3 fully saturated rings. The Labute approximate surface area is 222 Å². The third-order valence-electron chi connectivity index (χ3n) is 7.62. The highest BCUT2D eigenvalue weighted by Gasteiger charge is 2.48. The van der Waals surface area contributed by atoms with Gasteiger partial charge in [-0.25, -0.2) is 9.98 Å². The summed E-state index contributed by atoms with van der Waals surface area (Å²) in [7, 11) is 3.45. The second kappa shape index (κ2) is 10.6. The van der Waals surface area contributed by atoms with Crippen molar-refractivity contribution >= 4 is 42.1 Å². The van der Waals surface area contributed by atoms with E-state index in [1.54, 1.807) is 48.4 Å². The fourth-order valence-electron chi connectivity index (χ4n) is 5.57. The number of aliphatic imine (C=N–C) groups is 1. The van der Waals surface area contributed by atoms with Crippen LogP contribution in [0.1, 0.15) is 48.6 Å². The lowest BCUT2D eigenvalue weighted by Gasteiger charge is -2.26. The van der Waals surface area contributed by atoms with E-state index in [1.165, 1.54) is 0 Å². The number of carbonyl (C=O) groups is 2. The van der Waals surface area contributed by atoms with Gasteiger partial charge in [-0.05, 0) is 56.8 Å². The number of anilines is 2. The first kappa shape index (κ1) is 25.9. The van der Waals surface area contributed by atoms with Crippen LogP contribution in [0, 0.1) is 0 Å². The highest BCUT2D eigenvalue weighted by atomic mass is 16.5. The van der Waals surface area contributed by atoms with E-state index < -0.39 is 5.54 Å². The Bertz CT molecular complexity index is 1340. The summed E-state index contributed by atoms with van der Waals surface area (Å²) in [6.07, 6.45) is 7.84. The largest absolute Gasteiger partial charge is 0.379 e. The molecule has 2 unspecified atom stereocenters. The van der Waals surface area contributed by atoms with Crippen LogP contribution in [0.4, 0.5) is 11.5 Å². The number of guanidine groups is 1. The van der Waals surface area contributed by atoms with Gasteiger partial charge in [-0.15, -0.1) is 0 Å². The van der Waals surface area contributed by atoms with Gasteiger partial charge in [0.1, 0.15) is 17.1 Å². The number of nitrogens with zero attached hydrogens (tertiary/aromatic N) is 5. The zero-order valence-corrected chi connectivity index (χ0v) is 22.1. The number of nitrogens with one attached hydrogen (secondary N) is 2. The molecule has 3 aliphatic heterocycles. The number of aromatic nitrogens is 2. The van der Waals surface area contributed by atoms with Gasteiger partial charge >= 0.3 is 0 Å². The quantitative estimate of drug-likeness (QED) is 0.384. The predicted molar refractivity (Wildman–Crippen MR) is 147 cm³/mol. The van der Waals surface area contributed by atoms with Crippen molar-refractivity contribution in [3.63, 3.8) is 0 Å². The van der Waals surface area contributed by atoms with Crippen LogP contribution in [-0.4, -0.2) is 78.2 Å². The van der Waals surface area contributed by atoms with Crippen LogP contribution in [0.15, 0.2) is 29.4 Å². The molecule has 2 aromatic heterocycles. The Morgan fingerprint density at radius 3 is 2.87 bits per heavy atom. The van der Waals surface area contributed by atoms with Gasteiger partial charge in [0.15, 0.2) is 5.96 Å². The van der Waals surface area contributed by atoms with Gasteiger partial charge in [0.25, 0.3) is 5.91 Å². The highest BCUT2D eigenvalue weighted by Crippen LogP contribution is 2.34. The minimum Gasteiger partial charge on any atom is -0.379 e. The van der Waals surface area contributed by atoms with Crippen LogP contribution in [-0.2, 0) is 9.53 Å². The molecule has 38 heavy (non-hydrogen) atoms. The van der Waals surface area contributed by atoms with E-state index in [9.17, 15) is 9.59 Å². The number of hydrogen-bond acceptors (Lipinski definition) is 6.